The molecular weight excluding hydrogens is 330 g/mol. The Kier molecular flexibility index (Phi) is 4.74. The number of carbonyl (C=O) groups is 1. The van der Waals surface area contributed by atoms with Gasteiger partial charge in [0.25, 0.3) is 5.91 Å². The van der Waals surface area contributed by atoms with Gasteiger partial charge >= 0.3 is 0 Å². The third kappa shape index (κ3) is 3.50. The van der Waals surface area contributed by atoms with Crippen molar-refractivity contribution in [3.05, 3.63) is 47.5 Å². The van der Waals surface area contributed by atoms with E-state index in [4.69, 9.17) is 4.74 Å². The fraction of sp³-hybridized carbons (Fsp3) is 0.526. The molecular formula is C19H25N5O2. The molecule has 7 heteroatoms. The lowest BCUT2D eigenvalue weighted by atomic mass is 9.93. The van der Waals surface area contributed by atoms with Crippen molar-refractivity contribution in [2.45, 2.75) is 19.6 Å². The van der Waals surface area contributed by atoms with Crippen molar-refractivity contribution in [1.29, 1.82) is 0 Å². The summed E-state index contributed by atoms with van der Waals surface area (Å²) in [5.41, 5.74) is 2.88. The molecule has 1 N–H and O–H groups in total. The molecule has 0 radical (unpaired) electrons. The number of aryl methyl sites for hydroxylation is 2. The van der Waals surface area contributed by atoms with Gasteiger partial charge in [-0.2, -0.15) is 5.10 Å². The maximum Gasteiger partial charge on any atom is 0.252 e. The van der Waals surface area contributed by atoms with Crippen LogP contribution in [-0.2, 0) is 18.3 Å². The van der Waals surface area contributed by atoms with E-state index >= 15 is 0 Å². The lowest BCUT2D eigenvalue weighted by molar-refractivity contribution is 0.0901. The number of pyridine rings is 1. The van der Waals surface area contributed by atoms with Crippen molar-refractivity contribution < 1.29 is 9.53 Å². The first-order chi connectivity index (χ1) is 12.6. The number of rotatable bonds is 5. The number of nitrogens with one attached hydrogen (secondary N) is 1. The van der Waals surface area contributed by atoms with E-state index in [1.165, 1.54) is 5.69 Å². The van der Waals surface area contributed by atoms with Crippen molar-refractivity contribution in [1.82, 2.24) is 25.0 Å². The normalized spacial score (nSPS) is 25.4. The summed E-state index contributed by atoms with van der Waals surface area (Å²) < 4.78 is 7.96. The lowest BCUT2D eigenvalue weighted by Gasteiger charge is -2.20. The van der Waals surface area contributed by atoms with Crippen LogP contribution in [0, 0.1) is 18.8 Å². The molecule has 4 rings (SSSR count). The van der Waals surface area contributed by atoms with Gasteiger partial charge < -0.3 is 10.1 Å². The second-order valence-corrected chi connectivity index (χ2v) is 7.34. The zero-order chi connectivity index (χ0) is 18.1. The van der Waals surface area contributed by atoms with E-state index in [2.05, 4.69) is 26.4 Å². The van der Waals surface area contributed by atoms with Crippen LogP contribution in [0.25, 0.3) is 0 Å². The number of nitrogens with zero attached hydrogens (tertiary/aromatic N) is 4. The van der Waals surface area contributed by atoms with Crippen LogP contribution < -0.4 is 5.32 Å². The van der Waals surface area contributed by atoms with Crippen molar-refractivity contribution >= 4 is 5.91 Å². The minimum atomic E-state index is -0.0678. The van der Waals surface area contributed by atoms with Crippen molar-refractivity contribution in [2.24, 2.45) is 18.9 Å². The number of fused-ring (bicyclic) bond motifs is 1. The standard InChI is InChI=1S/C19H25N5O2/c1-13-6-16(23(2)22-13)9-24-10-17-15(12-26-18(17)11-24)8-21-19(25)14-4-3-5-20-7-14/h3-7,15,17-18H,8-12H2,1-2H3,(H,21,25)/t15-,17+,18+/m1/s1. The third-order valence-corrected chi connectivity index (χ3v) is 5.45. The highest BCUT2D eigenvalue weighted by Crippen LogP contribution is 2.34. The average molecular weight is 355 g/mol. The molecule has 0 unspecified atom stereocenters. The summed E-state index contributed by atoms with van der Waals surface area (Å²) in [6.45, 7) is 6.23. The molecule has 2 aliphatic rings. The number of aromatic nitrogens is 3. The SMILES string of the molecule is Cc1cc(CN2C[C@H]3[C@H](CNC(=O)c4cccnc4)CO[C@H]3C2)n(C)n1. The molecule has 26 heavy (non-hydrogen) atoms. The summed E-state index contributed by atoms with van der Waals surface area (Å²) >= 11 is 0. The molecule has 0 bridgehead atoms. The maximum atomic E-state index is 12.2. The van der Waals surface area contributed by atoms with Crippen LogP contribution in [0.2, 0.25) is 0 Å². The highest BCUT2D eigenvalue weighted by Gasteiger charge is 2.43. The van der Waals surface area contributed by atoms with Gasteiger partial charge in [0.05, 0.1) is 29.7 Å². The second-order valence-electron chi connectivity index (χ2n) is 7.34. The fourth-order valence-electron chi connectivity index (χ4n) is 4.08. The monoisotopic (exact) mass is 355 g/mol. The van der Waals surface area contributed by atoms with Crippen LogP contribution in [0.3, 0.4) is 0 Å². The number of hydrogen-bond donors (Lipinski definition) is 1. The first kappa shape index (κ1) is 17.2. The van der Waals surface area contributed by atoms with Gasteiger partial charge in [-0.05, 0) is 25.1 Å². The number of likely N-dealkylation sites (tertiary alicyclic amines) is 1. The molecule has 0 spiro atoms. The summed E-state index contributed by atoms with van der Waals surface area (Å²) in [5.74, 6) is 0.763. The molecule has 7 nitrogen and oxygen atoms in total. The third-order valence-electron chi connectivity index (χ3n) is 5.45. The number of amides is 1. The topological polar surface area (TPSA) is 72.3 Å². The molecule has 2 aliphatic heterocycles. The van der Waals surface area contributed by atoms with Crippen LogP contribution >= 0.6 is 0 Å². The summed E-state index contributed by atoms with van der Waals surface area (Å²) in [4.78, 5) is 18.7. The minimum Gasteiger partial charge on any atom is -0.376 e. The van der Waals surface area contributed by atoms with Crippen LogP contribution in [-0.4, -0.2) is 57.9 Å². The van der Waals surface area contributed by atoms with E-state index < -0.39 is 0 Å². The first-order valence-electron chi connectivity index (χ1n) is 9.12. The number of hydrogen-bond acceptors (Lipinski definition) is 5. The molecule has 2 fully saturated rings. The van der Waals surface area contributed by atoms with E-state index in [0.717, 1.165) is 31.9 Å². The predicted molar refractivity (Wildman–Crippen MR) is 96.5 cm³/mol. The lowest BCUT2D eigenvalue weighted by Crippen LogP contribution is -2.34. The van der Waals surface area contributed by atoms with Crippen LogP contribution in [0.4, 0.5) is 0 Å². The molecule has 2 saturated heterocycles. The Morgan fingerprint density at radius 2 is 2.31 bits per heavy atom. The predicted octanol–water partition coefficient (Wildman–Crippen LogP) is 1.00. The molecule has 2 aromatic rings. The Bertz CT molecular complexity index is 775. The minimum absolute atomic E-state index is 0.0678. The van der Waals surface area contributed by atoms with Gasteiger partial charge in [0, 0.05) is 57.5 Å². The van der Waals surface area contributed by atoms with Gasteiger partial charge in [0.15, 0.2) is 0 Å². The summed E-state index contributed by atoms with van der Waals surface area (Å²) in [6.07, 6.45) is 3.53. The van der Waals surface area contributed by atoms with E-state index in [0.29, 0.717) is 23.9 Å². The molecule has 0 aliphatic carbocycles. The van der Waals surface area contributed by atoms with Crippen molar-refractivity contribution in [2.75, 3.05) is 26.2 Å². The average Bonchev–Trinajstić information content (AvgIpc) is 3.29. The molecule has 4 heterocycles. The Balaban J connectivity index is 1.32. The van der Waals surface area contributed by atoms with Gasteiger partial charge in [0.1, 0.15) is 0 Å². The molecule has 0 saturated carbocycles. The van der Waals surface area contributed by atoms with Crippen LogP contribution in [0.15, 0.2) is 30.6 Å². The van der Waals surface area contributed by atoms with Gasteiger partial charge in [-0.25, -0.2) is 0 Å². The van der Waals surface area contributed by atoms with Gasteiger partial charge in [-0.15, -0.1) is 0 Å². The van der Waals surface area contributed by atoms with Gasteiger partial charge in [-0.1, -0.05) is 0 Å². The van der Waals surface area contributed by atoms with Gasteiger partial charge in [0.2, 0.25) is 0 Å². The Labute approximate surface area is 153 Å². The van der Waals surface area contributed by atoms with Gasteiger partial charge in [-0.3, -0.25) is 19.4 Å². The zero-order valence-corrected chi connectivity index (χ0v) is 15.3. The summed E-state index contributed by atoms with van der Waals surface area (Å²) in [5, 5.41) is 7.46. The molecule has 2 aromatic heterocycles. The Hall–Kier alpha value is -2.25. The number of ether oxygens (including phenoxy) is 1. The molecule has 1 amide bonds. The molecule has 3 atom stereocenters. The largest absolute Gasteiger partial charge is 0.376 e. The highest BCUT2D eigenvalue weighted by atomic mass is 16.5. The van der Waals surface area contributed by atoms with E-state index in [1.807, 2.05) is 18.7 Å². The van der Waals surface area contributed by atoms with E-state index in [1.54, 1.807) is 24.5 Å². The van der Waals surface area contributed by atoms with Crippen LogP contribution in [0.5, 0.6) is 0 Å². The zero-order valence-electron chi connectivity index (χ0n) is 15.3. The van der Waals surface area contributed by atoms with E-state index in [9.17, 15) is 4.79 Å². The molecule has 0 aromatic carbocycles. The molecule has 138 valence electrons. The van der Waals surface area contributed by atoms with Crippen molar-refractivity contribution in [3.63, 3.8) is 0 Å². The number of carbonyl (C=O) groups excluding carboxylic acids is 1. The van der Waals surface area contributed by atoms with Crippen LogP contribution in [0.1, 0.15) is 21.7 Å². The van der Waals surface area contributed by atoms with E-state index in [-0.39, 0.29) is 12.0 Å². The highest BCUT2D eigenvalue weighted by molar-refractivity contribution is 5.93. The summed E-state index contributed by atoms with van der Waals surface area (Å²) in [6, 6.07) is 5.70. The summed E-state index contributed by atoms with van der Waals surface area (Å²) in [7, 11) is 1.99. The fourth-order valence-corrected chi connectivity index (χ4v) is 4.08. The smallest absolute Gasteiger partial charge is 0.252 e. The maximum absolute atomic E-state index is 12.2. The Morgan fingerprint density at radius 1 is 1.42 bits per heavy atom. The Morgan fingerprint density at radius 3 is 3.04 bits per heavy atom. The first-order valence-corrected chi connectivity index (χ1v) is 9.12. The quantitative estimate of drug-likeness (QED) is 0.866. The second kappa shape index (κ2) is 7.17. The van der Waals surface area contributed by atoms with Crippen molar-refractivity contribution in [3.8, 4) is 0 Å².